The lowest BCUT2D eigenvalue weighted by molar-refractivity contribution is -0.468. The van der Waals surface area contributed by atoms with Crippen LogP contribution in [0.3, 0.4) is 0 Å². The largest absolute Gasteiger partial charge is 0.413 e. The van der Waals surface area contributed by atoms with Crippen LogP contribution in [0.25, 0.3) is 0 Å². The summed E-state index contributed by atoms with van der Waals surface area (Å²) in [5, 5.41) is 0. The molecule has 0 aliphatic carbocycles. The van der Waals surface area contributed by atoms with E-state index in [4.69, 9.17) is 9.73 Å². The zero-order chi connectivity index (χ0) is 22.9. The fourth-order valence-corrected chi connectivity index (χ4v) is 4.35. The molecule has 1 heterocycles. The third-order valence-corrected chi connectivity index (χ3v) is 6.21. The first-order valence-corrected chi connectivity index (χ1v) is 11.7. The van der Waals surface area contributed by atoms with Gasteiger partial charge in [-0.2, -0.15) is 4.58 Å². The topological polar surface area (TPSA) is 24.6 Å². The zero-order valence-corrected chi connectivity index (χ0v) is 20.8. The van der Waals surface area contributed by atoms with Crippen molar-refractivity contribution in [3.05, 3.63) is 58.7 Å². The maximum absolute atomic E-state index is 6.21. The first-order valence-electron chi connectivity index (χ1n) is 11.7. The molecule has 3 rings (SSSR count). The highest BCUT2D eigenvalue weighted by Gasteiger charge is 2.34. The summed E-state index contributed by atoms with van der Waals surface area (Å²) in [4.78, 5) is 5.12. The Bertz CT molecular complexity index is 957. The third-order valence-electron chi connectivity index (χ3n) is 6.21. The second-order valence-electron chi connectivity index (χ2n) is 9.89. The van der Waals surface area contributed by atoms with Gasteiger partial charge >= 0.3 is 0 Å². The number of hydrogen-bond acceptors (Lipinski definition) is 2. The molecule has 0 unspecified atom stereocenters. The Hall–Kier alpha value is -2.42. The van der Waals surface area contributed by atoms with E-state index in [0.717, 1.165) is 17.3 Å². The van der Waals surface area contributed by atoms with Gasteiger partial charge in [-0.15, -0.1) is 0 Å². The molecule has 0 aromatic heterocycles. The lowest BCUT2D eigenvalue weighted by Crippen LogP contribution is -2.15. The summed E-state index contributed by atoms with van der Waals surface area (Å²) < 4.78 is 8.53. The predicted molar refractivity (Wildman–Crippen MR) is 133 cm³/mol. The van der Waals surface area contributed by atoms with Gasteiger partial charge < -0.3 is 4.74 Å². The maximum Gasteiger partial charge on any atom is 0.294 e. The van der Waals surface area contributed by atoms with Gasteiger partial charge in [0.1, 0.15) is 0 Å². The molecule has 2 aromatic carbocycles. The molecule has 0 radical (unpaired) electrons. The zero-order valence-electron chi connectivity index (χ0n) is 20.8. The maximum atomic E-state index is 6.21. The first-order chi connectivity index (χ1) is 14.6. The van der Waals surface area contributed by atoms with E-state index < -0.39 is 0 Å². The van der Waals surface area contributed by atoms with Crippen molar-refractivity contribution in [2.45, 2.75) is 86.0 Å². The molecule has 31 heavy (non-hydrogen) atoms. The van der Waals surface area contributed by atoms with Crippen LogP contribution >= 0.6 is 0 Å². The van der Waals surface area contributed by atoms with Crippen molar-refractivity contribution in [1.82, 2.24) is 0 Å². The summed E-state index contributed by atoms with van der Waals surface area (Å²) in [5.74, 6) is 2.44. The highest BCUT2D eigenvalue weighted by Crippen LogP contribution is 2.37. The number of aliphatic imine (C=N–C) groups is 1. The molecule has 1 aliphatic rings. The minimum atomic E-state index is 0.407. The standard InChI is InChI=1S/C28H39N2O/c1-17(2)22-12-10-13-23(18(3)4)26(22)29-28-21(9)30(16-31-28)27-24(19(5)6)14-11-15-25(27)20(7)8/h10-15,17-20H,16H2,1-9H3/q+1. The molecule has 0 N–H and O–H groups in total. The quantitative estimate of drug-likeness (QED) is 0.435. The van der Waals surface area contributed by atoms with E-state index >= 15 is 0 Å². The molecule has 0 bridgehead atoms. The summed E-state index contributed by atoms with van der Waals surface area (Å²) >= 11 is 0. The van der Waals surface area contributed by atoms with Gasteiger partial charge in [0.25, 0.3) is 12.6 Å². The van der Waals surface area contributed by atoms with E-state index in [2.05, 4.69) is 103 Å². The first kappa shape index (κ1) is 23.2. The second kappa shape index (κ2) is 9.38. The van der Waals surface area contributed by atoms with Crippen LogP contribution in [0.1, 0.15) is 108 Å². The van der Waals surface area contributed by atoms with Gasteiger partial charge in [0.15, 0.2) is 0 Å². The van der Waals surface area contributed by atoms with Gasteiger partial charge in [-0.25, -0.2) is 4.99 Å². The van der Waals surface area contributed by atoms with Gasteiger partial charge in [-0.05, 0) is 34.8 Å². The summed E-state index contributed by atoms with van der Waals surface area (Å²) in [5.41, 5.74) is 8.73. The Labute approximate surface area is 188 Å². The van der Waals surface area contributed by atoms with Crippen LogP contribution < -0.4 is 0 Å². The minimum Gasteiger partial charge on any atom is -0.413 e. The van der Waals surface area contributed by atoms with E-state index in [1.54, 1.807) is 0 Å². The number of ether oxygens (including phenoxy) is 1. The highest BCUT2D eigenvalue weighted by atomic mass is 16.5. The van der Waals surface area contributed by atoms with Crippen molar-refractivity contribution in [2.24, 2.45) is 4.99 Å². The third kappa shape index (κ3) is 4.61. The summed E-state index contributed by atoms with van der Waals surface area (Å²) in [6.45, 7) is 20.6. The fraction of sp³-hybridized carbons (Fsp3) is 0.500. The van der Waals surface area contributed by atoms with Crippen molar-refractivity contribution < 1.29 is 9.31 Å². The average Bonchev–Trinajstić information content (AvgIpc) is 3.07. The average molecular weight is 420 g/mol. The molecule has 3 nitrogen and oxygen atoms in total. The fourth-order valence-electron chi connectivity index (χ4n) is 4.35. The van der Waals surface area contributed by atoms with Crippen LogP contribution in [0, 0.1) is 0 Å². The summed E-state index contributed by atoms with van der Waals surface area (Å²) in [7, 11) is 0. The molecule has 0 spiro atoms. The van der Waals surface area contributed by atoms with Crippen LogP contribution in [0.5, 0.6) is 0 Å². The van der Waals surface area contributed by atoms with Crippen molar-refractivity contribution in [2.75, 3.05) is 6.73 Å². The van der Waals surface area contributed by atoms with Gasteiger partial charge in [0.05, 0.1) is 5.69 Å². The summed E-state index contributed by atoms with van der Waals surface area (Å²) in [6.07, 6.45) is 0. The molecular formula is C28H39N2O+. The van der Waals surface area contributed by atoms with Crippen LogP contribution in [-0.4, -0.2) is 22.9 Å². The van der Waals surface area contributed by atoms with Crippen molar-refractivity contribution in [3.8, 4) is 0 Å². The second-order valence-corrected chi connectivity index (χ2v) is 9.89. The van der Waals surface area contributed by atoms with Crippen molar-refractivity contribution in [3.63, 3.8) is 0 Å². The smallest absolute Gasteiger partial charge is 0.294 e. The number of nitrogens with zero attached hydrogens (tertiary/aromatic N) is 2. The number of benzene rings is 2. The van der Waals surface area contributed by atoms with Gasteiger partial charge in [0.2, 0.25) is 11.4 Å². The van der Waals surface area contributed by atoms with Crippen LogP contribution in [0.2, 0.25) is 0 Å². The number of para-hydroxylation sites is 2. The highest BCUT2D eigenvalue weighted by molar-refractivity contribution is 6.37. The minimum absolute atomic E-state index is 0.407. The molecule has 3 heteroatoms. The Balaban J connectivity index is 2.20. The normalized spacial score (nSPS) is 15.8. The molecule has 2 aromatic rings. The molecule has 0 fully saturated rings. The van der Waals surface area contributed by atoms with E-state index in [1.165, 1.54) is 27.9 Å². The monoisotopic (exact) mass is 419 g/mol. The van der Waals surface area contributed by atoms with Crippen molar-refractivity contribution >= 4 is 23.0 Å². The Morgan fingerprint density at radius 2 is 1.13 bits per heavy atom. The van der Waals surface area contributed by atoms with Gasteiger partial charge in [0, 0.05) is 18.1 Å². The van der Waals surface area contributed by atoms with Gasteiger partial charge in [-0.3, -0.25) is 0 Å². The van der Waals surface area contributed by atoms with E-state index in [9.17, 15) is 0 Å². The van der Waals surface area contributed by atoms with Crippen LogP contribution in [0.15, 0.2) is 41.4 Å². The molecule has 0 saturated heterocycles. The van der Waals surface area contributed by atoms with Gasteiger partial charge in [-0.1, -0.05) is 91.8 Å². The van der Waals surface area contributed by atoms with Crippen LogP contribution in [0.4, 0.5) is 11.4 Å². The SMILES string of the molecule is CC1=[N+](c2c(C(C)C)cccc2C(C)C)COC1=Nc1c(C(C)C)cccc1C(C)C. The summed E-state index contributed by atoms with van der Waals surface area (Å²) in [6, 6.07) is 13.2. The van der Waals surface area contributed by atoms with Crippen LogP contribution in [-0.2, 0) is 4.74 Å². The van der Waals surface area contributed by atoms with Crippen molar-refractivity contribution in [1.29, 1.82) is 0 Å². The van der Waals surface area contributed by atoms with E-state index in [1.807, 2.05) is 0 Å². The molecular weight excluding hydrogens is 380 g/mol. The van der Waals surface area contributed by atoms with E-state index in [-0.39, 0.29) is 0 Å². The molecule has 0 amide bonds. The molecule has 1 aliphatic heterocycles. The Kier molecular flexibility index (Phi) is 7.03. The lowest BCUT2D eigenvalue weighted by atomic mass is 9.92. The Morgan fingerprint density at radius 1 is 0.710 bits per heavy atom. The Morgan fingerprint density at radius 3 is 1.55 bits per heavy atom. The number of rotatable bonds is 6. The molecule has 166 valence electrons. The van der Waals surface area contributed by atoms with E-state index in [0.29, 0.717) is 30.4 Å². The predicted octanol–water partition coefficient (Wildman–Crippen LogP) is 8.00. The molecule has 0 atom stereocenters. The molecule has 0 saturated carbocycles. The lowest BCUT2D eigenvalue weighted by Gasteiger charge is -2.16. The number of hydrogen-bond donors (Lipinski definition) is 0.